The van der Waals surface area contributed by atoms with E-state index >= 15 is 0 Å². The van der Waals surface area contributed by atoms with Crippen LogP contribution < -0.4 is 5.32 Å². The lowest BCUT2D eigenvalue weighted by molar-refractivity contribution is -0.135. The van der Waals surface area contributed by atoms with Gasteiger partial charge in [0.05, 0.1) is 0 Å². The summed E-state index contributed by atoms with van der Waals surface area (Å²) >= 11 is 0. The van der Waals surface area contributed by atoms with Crippen LogP contribution in [-0.4, -0.2) is 42.8 Å². The average Bonchev–Trinajstić information content (AvgIpc) is 2.74. The first kappa shape index (κ1) is 14.1. The number of unbranched alkanes of at least 4 members (excludes halogenated alkanes) is 1. The molecule has 0 spiro atoms. The van der Waals surface area contributed by atoms with E-state index in [1.54, 1.807) is 0 Å². The molecule has 0 aromatic rings. The highest BCUT2D eigenvalue weighted by molar-refractivity contribution is 4.89. The number of nitrogens with zero attached hydrogens (tertiary/aromatic N) is 1. The van der Waals surface area contributed by atoms with Gasteiger partial charge in [0.25, 0.3) is 0 Å². The molecule has 106 valence electrons. The van der Waals surface area contributed by atoms with Crippen LogP contribution in [-0.2, 0) is 0 Å². The Hall–Kier alpha value is -0.290. The Morgan fingerprint density at radius 1 is 1.11 bits per heavy atom. The minimum absolute atomic E-state index is 0.249. The van der Waals surface area contributed by atoms with Crippen LogP contribution in [0, 0.1) is 0 Å². The number of hydrogen-bond acceptors (Lipinski definition) is 2. The molecule has 5 heteroatoms. The number of nitrogens with one attached hydrogen (secondary N) is 1. The van der Waals surface area contributed by atoms with Crippen LogP contribution >= 0.6 is 0 Å². The molecule has 2 nitrogen and oxygen atoms in total. The van der Waals surface area contributed by atoms with Gasteiger partial charge < -0.3 is 10.2 Å². The van der Waals surface area contributed by atoms with E-state index in [2.05, 4.69) is 10.2 Å². The van der Waals surface area contributed by atoms with Crippen LogP contribution in [0.4, 0.5) is 13.2 Å². The molecule has 0 aromatic carbocycles. The van der Waals surface area contributed by atoms with Crippen LogP contribution in [0.3, 0.4) is 0 Å². The second-order valence-corrected chi connectivity index (χ2v) is 5.58. The van der Waals surface area contributed by atoms with E-state index in [0.29, 0.717) is 12.5 Å². The normalized spacial score (nSPS) is 29.5. The molecule has 2 aliphatic rings. The summed E-state index contributed by atoms with van der Waals surface area (Å²) in [5, 5.41) is 3.43. The predicted octanol–water partition coefficient (Wildman–Crippen LogP) is 2.94. The van der Waals surface area contributed by atoms with Crippen LogP contribution in [0.1, 0.15) is 44.9 Å². The molecule has 18 heavy (non-hydrogen) atoms. The molecule has 1 N–H and O–H groups in total. The van der Waals surface area contributed by atoms with Gasteiger partial charge in [0.15, 0.2) is 0 Å². The molecular formula is C13H23F3N2. The molecule has 2 atom stereocenters. The number of rotatable bonds is 5. The van der Waals surface area contributed by atoms with E-state index in [-0.39, 0.29) is 6.42 Å². The highest BCUT2D eigenvalue weighted by atomic mass is 19.4. The van der Waals surface area contributed by atoms with Crippen LogP contribution in [0.5, 0.6) is 0 Å². The Bertz CT molecular complexity index is 255. The zero-order chi connectivity index (χ0) is 13.0. The van der Waals surface area contributed by atoms with Gasteiger partial charge in [-0.3, -0.25) is 0 Å². The fraction of sp³-hybridized carbons (Fsp3) is 1.00. The zero-order valence-corrected chi connectivity index (χ0v) is 10.8. The minimum Gasteiger partial charge on any atom is -0.314 e. The Morgan fingerprint density at radius 3 is 2.72 bits per heavy atom. The Kier molecular flexibility index (Phi) is 4.90. The Labute approximate surface area is 107 Å². The van der Waals surface area contributed by atoms with Crippen molar-refractivity contribution in [1.29, 1.82) is 0 Å². The number of alkyl halides is 3. The smallest absolute Gasteiger partial charge is 0.314 e. The molecule has 2 saturated heterocycles. The SMILES string of the molecule is FC(F)(F)CCCCNC1CCN2CCCC2C1. The number of halogens is 3. The summed E-state index contributed by atoms with van der Waals surface area (Å²) in [4.78, 5) is 2.56. The Balaban J connectivity index is 1.54. The van der Waals surface area contributed by atoms with E-state index < -0.39 is 12.6 Å². The van der Waals surface area contributed by atoms with E-state index in [1.807, 2.05) is 0 Å². The van der Waals surface area contributed by atoms with Gasteiger partial charge in [-0.2, -0.15) is 13.2 Å². The van der Waals surface area contributed by atoms with Crippen molar-refractivity contribution in [3.05, 3.63) is 0 Å². The summed E-state index contributed by atoms with van der Waals surface area (Å²) in [5.41, 5.74) is 0. The molecule has 2 heterocycles. The monoisotopic (exact) mass is 264 g/mol. The first-order valence-corrected chi connectivity index (χ1v) is 7.09. The van der Waals surface area contributed by atoms with Crippen LogP contribution in [0.15, 0.2) is 0 Å². The van der Waals surface area contributed by atoms with Gasteiger partial charge in [0.2, 0.25) is 0 Å². The van der Waals surface area contributed by atoms with E-state index in [1.165, 1.54) is 25.8 Å². The van der Waals surface area contributed by atoms with Crippen molar-refractivity contribution in [1.82, 2.24) is 10.2 Å². The lowest BCUT2D eigenvalue weighted by atomic mass is 9.97. The average molecular weight is 264 g/mol. The van der Waals surface area contributed by atoms with Crippen molar-refractivity contribution in [3.8, 4) is 0 Å². The van der Waals surface area contributed by atoms with Gasteiger partial charge >= 0.3 is 6.18 Å². The highest BCUT2D eigenvalue weighted by Crippen LogP contribution is 2.27. The molecule has 0 saturated carbocycles. The summed E-state index contributed by atoms with van der Waals surface area (Å²) in [6.07, 6.45) is 1.18. The summed E-state index contributed by atoms with van der Waals surface area (Å²) in [6.45, 7) is 3.13. The largest absolute Gasteiger partial charge is 0.389 e. The number of piperidine rings is 1. The summed E-state index contributed by atoms with van der Waals surface area (Å²) in [7, 11) is 0. The van der Waals surface area contributed by atoms with Crippen molar-refractivity contribution < 1.29 is 13.2 Å². The summed E-state index contributed by atoms with van der Waals surface area (Å²) < 4.78 is 35.9. The zero-order valence-electron chi connectivity index (χ0n) is 10.8. The lowest BCUT2D eigenvalue weighted by Crippen LogP contribution is -2.45. The second-order valence-electron chi connectivity index (χ2n) is 5.58. The maximum Gasteiger partial charge on any atom is 0.389 e. The number of hydrogen-bond donors (Lipinski definition) is 1. The molecule has 2 aliphatic heterocycles. The van der Waals surface area contributed by atoms with Gasteiger partial charge in [-0.25, -0.2) is 0 Å². The molecular weight excluding hydrogens is 241 g/mol. The van der Waals surface area contributed by atoms with Crippen LogP contribution in [0.2, 0.25) is 0 Å². The first-order chi connectivity index (χ1) is 8.54. The van der Waals surface area contributed by atoms with E-state index in [4.69, 9.17) is 0 Å². The first-order valence-electron chi connectivity index (χ1n) is 7.09. The molecule has 0 amide bonds. The van der Waals surface area contributed by atoms with Crippen LogP contribution in [0.25, 0.3) is 0 Å². The fourth-order valence-corrected chi connectivity index (χ4v) is 3.17. The fourth-order valence-electron chi connectivity index (χ4n) is 3.17. The Morgan fingerprint density at radius 2 is 1.94 bits per heavy atom. The lowest BCUT2D eigenvalue weighted by Gasteiger charge is -2.35. The summed E-state index contributed by atoms with van der Waals surface area (Å²) in [6, 6.07) is 1.25. The molecule has 0 radical (unpaired) electrons. The molecule has 2 unspecified atom stereocenters. The maximum absolute atomic E-state index is 12.0. The van der Waals surface area contributed by atoms with E-state index in [0.717, 1.165) is 25.6 Å². The standard InChI is InChI=1S/C13H23F3N2/c14-13(15,16)6-1-2-7-17-11-5-9-18-8-3-4-12(18)10-11/h11-12,17H,1-10H2. The van der Waals surface area contributed by atoms with Crippen molar-refractivity contribution in [3.63, 3.8) is 0 Å². The van der Waals surface area contributed by atoms with Crippen molar-refractivity contribution in [2.45, 2.75) is 63.2 Å². The predicted molar refractivity (Wildman–Crippen MR) is 65.5 cm³/mol. The molecule has 2 rings (SSSR count). The van der Waals surface area contributed by atoms with Gasteiger partial charge in [0.1, 0.15) is 0 Å². The van der Waals surface area contributed by atoms with Gasteiger partial charge in [-0.15, -0.1) is 0 Å². The van der Waals surface area contributed by atoms with Gasteiger partial charge in [0, 0.05) is 18.5 Å². The summed E-state index contributed by atoms with van der Waals surface area (Å²) in [5.74, 6) is 0. The van der Waals surface area contributed by atoms with Crippen molar-refractivity contribution in [2.24, 2.45) is 0 Å². The molecule has 2 fully saturated rings. The highest BCUT2D eigenvalue weighted by Gasteiger charge is 2.31. The van der Waals surface area contributed by atoms with Gasteiger partial charge in [-0.1, -0.05) is 0 Å². The van der Waals surface area contributed by atoms with E-state index in [9.17, 15) is 13.2 Å². The minimum atomic E-state index is -3.99. The quantitative estimate of drug-likeness (QED) is 0.768. The third kappa shape index (κ3) is 4.43. The second kappa shape index (κ2) is 6.24. The van der Waals surface area contributed by atoms with Gasteiger partial charge in [-0.05, 0) is 58.2 Å². The maximum atomic E-state index is 12.0. The molecule has 0 bridgehead atoms. The third-order valence-electron chi connectivity index (χ3n) is 4.14. The topological polar surface area (TPSA) is 15.3 Å². The molecule has 0 aromatic heterocycles. The molecule has 0 aliphatic carbocycles. The number of fused-ring (bicyclic) bond motifs is 1. The van der Waals surface area contributed by atoms with Crippen molar-refractivity contribution in [2.75, 3.05) is 19.6 Å². The third-order valence-corrected chi connectivity index (χ3v) is 4.14. The van der Waals surface area contributed by atoms with Crippen molar-refractivity contribution >= 4 is 0 Å².